The molecular weight excluding hydrogens is 294 g/mol. The monoisotopic (exact) mass is 311 g/mol. The Morgan fingerprint density at radius 3 is 2.78 bits per heavy atom. The number of nitriles is 1. The molecule has 1 unspecified atom stereocenters. The van der Waals surface area contributed by atoms with Gasteiger partial charge in [0.1, 0.15) is 11.8 Å². The molecule has 118 valence electrons. The van der Waals surface area contributed by atoms with Crippen molar-refractivity contribution in [3.8, 4) is 11.8 Å². The third-order valence-corrected chi connectivity index (χ3v) is 3.38. The highest BCUT2D eigenvalue weighted by molar-refractivity contribution is 5.62. The number of nitrogens with one attached hydrogen (secondary N) is 1. The molecule has 0 heterocycles. The molecular formula is C17H17N3O3. The summed E-state index contributed by atoms with van der Waals surface area (Å²) in [5.74, 6) is 0.780. The Labute approximate surface area is 134 Å². The van der Waals surface area contributed by atoms with Gasteiger partial charge in [-0.2, -0.15) is 5.26 Å². The first kappa shape index (κ1) is 16.3. The predicted molar refractivity (Wildman–Crippen MR) is 87.5 cm³/mol. The molecule has 0 aliphatic rings. The van der Waals surface area contributed by atoms with Crippen molar-refractivity contribution in [1.82, 2.24) is 0 Å². The lowest BCUT2D eigenvalue weighted by atomic mass is 10.1. The van der Waals surface area contributed by atoms with Crippen molar-refractivity contribution in [2.24, 2.45) is 0 Å². The van der Waals surface area contributed by atoms with Crippen LogP contribution in [0, 0.1) is 21.4 Å². The van der Waals surface area contributed by atoms with Crippen molar-refractivity contribution in [1.29, 1.82) is 5.26 Å². The molecule has 0 amide bonds. The van der Waals surface area contributed by atoms with Crippen LogP contribution in [-0.2, 0) is 0 Å². The van der Waals surface area contributed by atoms with Crippen LogP contribution >= 0.6 is 0 Å². The average Bonchev–Trinajstić information content (AvgIpc) is 2.55. The molecule has 1 atom stereocenters. The molecule has 0 spiro atoms. The number of anilines is 1. The van der Waals surface area contributed by atoms with E-state index < -0.39 is 4.92 Å². The summed E-state index contributed by atoms with van der Waals surface area (Å²) in [5, 5.41) is 23.2. The molecule has 0 bridgehead atoms. The minimum atomic E-state index is -0.514. The van der Waals surface area contributed by atoms with Crippen LogP contribution in [0.15, 0.2) is 42.5 Å². The summed E-state index contributed by atoms with van der Waals surface area (Å²) < 4.78 is 5.48. The maximum absolute atomic E-state index is 10.8. The number of rotatable bonds is 6. The molecule has 0 aliphatic carbocycles. The summed E-state index contributed by atoms with van der Waals surface area (Å²) >= 11 is 0. The van der Waals surface area contributed by atoms with E-state index in [4.69, 9.17) is 4.74 Å². The maximum atomic E-state index is 10.8. The second kappa shape index (κ2) is 7.27. The van der Waals surface area contributed by atoms with Crippen molar-refractivity contribution >= 4 is 11.4 Å². The molecule has 0 aliphatic heterocycles. The van der Waals surface area contributed by atoms with Crippen molar-refractivity contribution in [3.63, 3.8) is 0 Å². The quantitative estimate of drug-likeness (QED) is 0.642. The molecule has 2 rings (SSSR count). The van der Waals surface area contributed by atoms with E-state index in [0.29, 0.717) is 12.3 Å². The summed E-state index contributed by atoms with van der Waals surface area (Å²) in [4.78, 5) is 10.3. The second-order valence-electron chi connectivity index (χ2n) is 4.97. The molecule has 0 fully saturated rings. The van der Waals surface area contributed by atoms with E-state index in [2.05, 4.69) is 5.32 Å². The SMILES string of the molecule is CCOc1cccc(C(C)Nc2ccc([N+](=O)[O-])cc2C#N)c1. The molecule has 0 radical (unpaired) electrons. The highest BCUT2D eigenvalue weighted by Gasteiger charge is 2.13. The Kier molecular flexibility index (Phi) is 5.15. The normalized spacial score (nSPS) is 11.3. The number of benzene rings is 2. The van der Waals surface area contributed by atoms with E-state index in [1.54, 1.807) is 6.07 Å². The lowest BCUT2D eigenvalue weighted by Gasteiger charge is -2.17. The number of nitro groups is 1. The summed E-state index contributed by atoms with van der Waals surface area (Å²) in [7, 11) is 0. The van der Waals surface area contributed by atoms with Crippen molar-refractivity contribution in [3.05, 3.63) is 63.7 Å². The zero-order valence-corrected chi connectivity index (χ0v) is 12.9. The average molecular weight is 311 g/mol. The van der Waals surface area contributed by atoms with Gasteiger partial charge in [-0.1, -0.05) is 12.1 Å². The fourth-order valence-electron chi connectivity index (χ4n) is 2.22. The van der Waals surface area contributed by atoms with Crippen LogP contribution in [0.5, 0.6) is 5.75 Å². The van der Waals surface area contributed by atoms with Gasteiger partial charge in [0.05, 0.1) is 22.8 Å². The summed E-state index contributed by atoms with van der Waals surface area (Å²) in [6.45, 7) is 4.46. The van der Waals surface area contributed by atoms with Crippen LogP contribution in [-0.4, -0.2) is 11.5 Å². The van der Waals surface area contributed by atoms with Crippen LogP contribution in [0.3, 0.4) is 0 Å². The number of hydrogen-bond acceptors (Lipinski definition) is 5. The van der Waals surface area contributed by atoms with Gasteiger partial charge in [0, 0.05) is 18.2 Å². The Morgan fingerprint density at radius 2 is 2.13 bits per heavy atom. The van der Waals surface area contributed by atoms with Crippen LogP contribution in [0.4, 0.5) is 11.4 Å². The third-order valence-electron chi connectivity index (χ3n) is 3.38. The predicted octanol–water partition coefficient (Wildman–Crippen LogP) is 4.04. The first-order chi connectivity index (χ1) is 11.0. The second-order valence-corrected chi connectivity index (χ2v) is 4.97. The summed E-state index contributed by atoms with van der Waals surface area (Å²) in [6, 6.07) is 13.8. The lowest BCUT2D eigenvalue weighted by Crippen LogP contribution is -2.08. The van der Waals surface area contributed by atoms with E-state index in [1.165, 1.54) is 12.1 Å². The van der Waals surface area contributed by atoms with Gasteiger partial charge < -0.3 is 10.1 Å². The van der Waals surface area contributed by atoms with Gasteiger partial charge in [-0.15, -0.1) is 0 Å². The highest BCUT2D eigenvalue weighted by Crippen LogP contribution is 2.27. The maximum Gasteiger partial charge on any atom is 0.270 e. The number of ether oxygens (including phenoxy) is 1. The van der Waals surface area contributed by atoms with E-state index >= 15 is 0 Å². The largest absolute Gasteiger partial charge is 0.494 e. The van der Waals surface area contributed by atoms with Gasteiger partial charge in [0.15, 0.2) is 0 Å². The molecule has 1 N–H and O–H groups in total. The molecule has 0 saturated carbocycles. The van der Waals surface area contributed by atoms with Crippen molar-refractivity contribution in [2.45, 2.75) is 19.9 Å². The minimum absolute atomic E-state index is 0.0797. The van der Waals surface area contributed by atoms with Gasteiger partial charge in [-0.3, -0.25) is 10.1 Å². The van der Waals surface area contributed by atoms with Crippen LogP contribution in [0.1, 0.15) is 31.0 Å². The van der Waals surface area contributed by atoms with E-state index in [1.807, 2.05) is 44.2 Å². The van der Waals surface area contributed by atoms with Crippen molar-refractivity contribution < 1.29 is 9.66 Å². The zero-order valence-electron chi connectivity index (χ0n) is 12.9. The first-order valence-electron chi connectivity index (χ1n) is 7.23. The smallest absolute Gasteiger partial charge is 0.270 e. The van der Waals surface area contributed by atoms with Crippen LogP contribution in [0.2, 0.25) is 0 Å². The van der Waals surface area contributed by atoms with Crippen LogP contribution in [0.25, 0.3) is 0 Å². The molecule has 6 heteroatoms. The highest BCUT2D eigenvalue weighted by atomic mass is 16.6. The number of nitrogens with zero attached hydrogens (tertiary/aromatic N) is 2. The number of nitro benzene ring substituents is 1. The van der Waals surface area contributed by atoms with E-state index in [9.17, 15) is 15.4 Å². The molecule has 2 aromatic carbocycles. The third kappa shape index (κ3) is 3.98. The minimum Gasteiger partial charge on any atom is -0.494 e. The molecule has 6 nitrogen and oxygen atoms in total. The fraction of sp³-hybridized carbons (Fsp3) is 0.235. The number of non-ortho nitro benzene ring substituents is 1. The topological polar surface area (TPSA) is 88.2 Å². The Bertz CT molecular complexity index is 753. The van der Waals surface area contributed by atoms with Gasteiger partial charge in [-0.05, 0) is 37.6 Å². The van der Waals surface area contributed by atoms with Gasteiger partial charge >= 0.3 is 0 Å². The van der Waals surface area contributed by atoms with Gasteiger partial charge in [0.25, 0.3) is 5.69 Å². The first-order valence-corrected chi connectivity index (χ1v) is 7.23. The lowest BCUT2D eigenvalue weighted by molar-refractivity contribution is -0.384. The molecule has 2 aromatic rings. The summed E-state index contributed by atoms with van der Waals surface area (Å²) in [5.41, 5.74) is 1.70. The standard InChI is InChI=1S/C17H17N3O3/c1-3-23-16-6-4-5-13(10-16)12(2)19-17-8-7-15(20(21)22)9-14(17)11-18/h4-10,12,19H,3H2,1-2H3. The molecule has 0 saturated heterocycles. The zero-order chi connectivity index (χ0) is 16.8. The molecule has 0 aromatic heterocycles. The van der Waals surface area contributed by atoms with Crippen LogP contribution < -0.4 is 10.1 Å². The molecule has 23 heavy (non-hydrogen) atoms. The van der Waals surface area contributed by atoms with E-state index in [-0.39, 0.29) is 17.3 Å². The fourth-order valence-corrected chi connectivity index (χ4v) is 2.22. The van der Waals surface area contributed by atoms with E-state index in [0.717, 1.165) is 11.3 Å². The Morgan fingerprint density at radius 1 is 1.35 bits per heavy atom. The van der Waals surface area contributed by atoms with Gasteiger partial charge in [-0.25, -0.2) is 0 Å². The Hall–Kier alpha value is -3.07. The Balaban J connectivity index is 2.23. The number of hydrogen-bond donors (Lipinski definition) is 1. The van der Waals surface area contributed by atoms with Crippen molar-refractivity contribution in [2.75, 3.05) is 11.9 Å². The van der Waals surface area contributed by atoms with Gasteiger partial charge in [0.2, 0.25) is 0 Å². The summed E-state index contributed by atoms with van der Waals surface area (Å²) in [6.07, 6.45) is 0.